The van der Waals surface area contributed by atoms with Gasteiger partial charge in [0.25, 0.3) is 0 Å². The molecule has 2 aliphatic rings. The lowest BCUT2D eigenvalue weighted by Crippen LogP contribution is -2.48. The summed E-state index contributed by atoms with van der Waals surface area (Å²) in [5, 5.41) is 9.93. The Morgan fingerprint density at radius 1 is 1.12 bits per heavy atom. The SMILES string of the molecule is O=C(CSc1nnc(C2CC2)n1Cc1ccco1)N1CCN(Cc2c(F)cccc2Cl)CC1. The van der Waals surface area contributed by atoms with Gasteiger partial charge >= 0.3 is 0 Å². The van der Waals surface area contributed by atoms with Crippen molar-refractivity contribution < 1.29 is 13.6 Å². The summed E-state index contributed by atoms with van der Waals surface area (Å²) in [6, 6.07) is 8.54. The molecule has 33 heavy (non-hydrogen) atoms. The van der Waals surface area contributed by atoms with Gasteiger partial charge in [-0.15, -0.1) is 10.2 Å². The molecule has 3 aromatic rings. The van der Waals surface area contributed by atoms with E-state index < -0.39 is 0 Å². The summed E-state index contributed by atoms with van der Waals surface area (Å²) >= 11 is 7.58. The van der Waals surface area contributed by atoms with Gasteiger partial charge in [-0.3, -0.25) is 14.3 Å². The lowest BCUT2D eigenvalue weighted by molar-refractivity contribution is -0.130. The Kier molecular flexibility index (Phi) is 6.71. The number of halogens is 2. The molecular weight excluding hydrogens is 465 g/mol. The molecule has 0 N–H and O–H groups in total. The van der Waals surface area contributed by atoms with Crippen molar-refractivity contribution >= 4 is 29.3 Å². The maximum absolute atomic E-state index is 14.1. The first-order valence-electron chi connectivity index (χ1n) is 11.1. The normalized spacial score (nSPS) is 17.0. The first kappa shape index (κ1) is 22.4. The molecule has 1 aliphatic heterocycles. The molecule has 1 aromatic carbocycles. The Bertz CT molecular complexity index is 1090. The van der Waals surface area contributed by atoms with Crippen LogP contribution in [-0.2, 0) is 17.9 Å². The molecule has 174 valence electrons. The maximum atomic E-state index is 14.1. The highest BCUT2D eigenvalue weighted by atomic mass is 35.5. The second-order valence-electron chi connectivity index (χ2n) is 8.43. The highest BCUT2D eigenvalue weighted by molar-refractivity contribution is 7.99. The van der Waals surface area contributed by atoms with Gasteiger partial charge in [-0.2, -0.15) is 0 Å². The predicted molar refractivity (Wildman–Crippen MR) is 124 cm³/mol. The van der Waals surface area contributed by atoms with E-state index in [2.05, 4.69) is 19.7 Å². The second kappa shape index (κ2) is 9.87. The van der Waals surface area contributed by atoms with Crippen molar-refractivity contribution in [3.8, 4) is 0 Å². The molecule has 1 saturated carbocycles. The van der Waals surface area contributed by atoms with E-state index in [1.807, 2.05) is 17.0 Å². The van der Waals surface area contributed by atoms with Gasteiger partial charge in [0.05, 0.1) is 18.6 Å². The van der Waals surface area contributed by atoms with E-state index in [0.717, 1.165) is 29.6 Å². The van der Waals surface area contributed by atoms with Crippen molar-refractivity contribution in [1.29, 1.82) is 0 Å². The highest BCUT2D eigenvalue weighted by Gasteiger charge is 2.31. The van der Waals surface area contributed by atoms with E-state index in [9.17, 15) is 9.18 Å². The molecule has 0 bridgehead atoms. The molecule has 1 aliphatic carbocycles. The molecule has 10 heteroatoms. The molecule has 5 rings (SSSR count). The minimum atomic E-state index is -0.290. The Morgan fingerprint density at radius 3 is 2.64 bits per heavy atom. The number of hydrogen-bond donors (Lipinski definition) is 0. The molecule has 0 radical (unpaired) electrons. The lowest BCUT2D eigenvalue weighted by atomic mass is 10.2. The van der Waals surface area contributed by atoms with Crippen molar-refractivity contribution in [2.45, 2.75) is 37.0 Å². The smallest absolute Gasteiger partial charge is 0.233 e. The van der Waals surface area contributed by atoms with Crippen LogP contribution in [0, 0.1) is 5.82 Å². The number of nitrogens with zero attached hydrogens (tertiary/aromatic N) is 5. The molecule has 0 spiro atoms. The van der Waals surface area contributed by atoms with Gasteiger partial charge in [-0.25, -0.2) is 4.39 Å². The fraction of sp³-hybridized carbons (Fsp3) is 0.435. The van der Waals surface area contributed by atoms with Crippen LogP contribution in [0.2, 0.25) is 5.02 Å². The molecule has 0 unspecified atom stereocenters. The lowest BCUT2D eigenvalue weighted by Gasteiger charge is -2.34. The number of amides is 1. The van der Waals surface area contributed by atoms with Crippen LogP contribution in [0.25, 0.3) is 0 Å². The Morgan fingerprint density at radius 2 is 1.94 bits per heavy atom. The fourth-order valence-electron chi connectivity index (χ4n) is 4.04. The number of carbonyl (C=O) groups is 1. The molecular formula is C23H25ClFN5O2S. The number of carbonyl (C=O) groups excluding carboxylic acids is 1. The standard InChI is InChI=1S/C23H25ClFN5O2S/c24-19-4-1-5-20(25)18(19)14-28-8-10-29(11-9-28)21(31)15-33-23-27-26-22(16-6-7-16)30(23)13-17-3-2-12-32-17/h1-5,12,16H,6-11,13-15H2. The summed E-state index contributed by atoms with van der Waals surface area (Å²) in [4.78, 5) is 16.8. The average Bonchev–Trinajstić information content (AvgIpc) is 3.38. The monoisotopic (exact) mass is 489 g/mol. The Labute approximate surface area is 200 Å². The third kappa shape index (κ3) is 5.26. The van der Waals surface area contributed by atoms with Crippen molar-refractivity contribution in [2.75, 3.05) is 31.9 Å². The molecule has 7 nitrogen and oxygen atoms in total. The first-order valence-corrected chi connectivity index (χ1v) is 12.5. The molecule has 1 amide bonds. The summed E-state index contributed by atoms with van der Waals surface area (Å²) in [5.41, 5.74) is 0.511. The van der Waals surface area contributed by atoms with E-state index in [4.69, 9.17) is 16.0 Å². The van der Waals surface area contributed by atoms with Crippen LogP contribution in [0.3, 0.4) is 0 Å². The minimum absolute atomic E-state index is 0.0732. The fourth-order valence-corrected chi connectivity index (χ4v) is 5.11. The van der Waals surface area contributed by atoms with Gasteiger partial charge in [-0.1, -0.05) is 29.4 Å². The topological polar surface area (TPSA) is 67.4 Å². The zero-order valence-electron chi connectivity index (χ0n) is 18.1. The van der Waals surface area contributed by atoms with Crippen LogP contribution >= 0.6 is 23.4 Å². The van der Waals surface area contributed by atoms with Crippen molar-refractivity contribution in [3.05, 3.63) is 64.6 Å². The van der Waals surface area contributed by atoms with E-state index in [1.54, 1.807) is 18.4 Å². The summed E-state index contributed by atoms with van der Waals surface area (Å²) < 4.78 is 21.7. The van der Waals surface area contributed by atoms with Gasteiger partial charge in [0, 0.05) is 49.2 Å². The number of hydrogen-bond acceptors (Lipinski definition) is 6. The highest BCUT2D eigenvalue weighted by Crippen LogP contribution is 2.40. The van der Waals surface area contributed by atoms with Crippen LogP contribution in [0.1, 0.15) is 35.9 Å². The summed E-state index contributed by atoms with van der Waals surface area (Å²) in [5.74, 6) is 2.36. The minimum Gasteiger partial charge on any atom is -0.467 e. The molecule has 0 atom stereocenters. The number of piperazine rings is 1. The van der Waals surface area contributed by atoms with Crippen LogP contribution in [0.4, 0.5) is 4.39 Å². The van der Waals surface area contributed by atoms with E-state index in [1.165, 1.54) is 17.8 Å². The van der Waals surface area contributed by atoms with Gasteiger partial charge in [0.2, 0.25) is 5.91 Å². The van der Waals surface area contributed by atoms with Gasteiger partial charge in [0.1, 0.15) is 17.4 Å². The van der Waals surface area contributed by atoms with Crippen LogP contribution in [-0.4, -0.2) is 62.4 Å². The second-order valence-corrected chi connectivity index (χ2v) is 9.78. The third-order valence-electron chi connectivity index (χ3n) is 6.08. The van der Waals surface area contributed by atoms with E-state index >= 15 is 0 Å². The molecule has 1 saturated heterocycles. The first-order chi connectivity index (χ1) is 16.1. The summed E-state index contributed by atoms with van der Waals surface area (Å²) in [6.07, 6.45) is 3.91. The molecule has 2 fully saturated rings. The average molecular weight is 490 g/mol. The number of aromatic nitrogens is 3. The van der Waals surface area contributed by atoms with Gasteiger partial charge in [0.15, 0.2) is 5.16 Å². The number of benzene rings is 1. The number of rotatable bonds is 8. The summed E-state index contributed by atoms with van der Waals surface area (Å²) in [6.45, 7) is 3.60. The van der Waals surface area contributed by atoms with Crippen molar-refractivity contribution in [2.24, 2.45) is 0 Å². The molecule has 2 aromatic heterocycles. The zero-order chi connectivity index (χ0) is 22.8. The largest absolute Gasteiger partial charge is 0.467 e. The van der Waals surface area contributed by atoms with Crippen molar-refractivity contribution in [3.63, 3.8) is 0 Å². The van der Waals surface area contributed by atoms with E-state index in [0.29, 0.717) is 61.5 Å². The maximum Gasteiger partial charge on any atom is 0.233 e. The Balaban J connectivity index is 1.16. The van der Waals surface area contributed by atoms with E-state index in [-0.39, 0.29) is 11.7 Å². The van der Waals surface area contributed by atoms with Crippen LogP contribution in [0.15, 0.2) is 46.2 Å². The van der Waals surface area contributed by atoms with Crippen molar-refractivity contribution in [1.82, 2.24) is 24.6 Å². The van der Waals surface area contributed by atoms with Crippen LogP contribution < -0.4 is 0 Å². The van der Waals surface area contributed by atoms with Gasteiger partial charge in [-0.05, 0) is 37.1 Å². The number of furan rings is 1. The molecule has 3 heterocycles. The quantitative estimate of drug-likeness (QED) is 0.445. The summed E-state index contributed by atoms with van der Waals surface area (Å²) in [7, 11) is 0. The third-order valence-corrected chi connectivity index (χ3v) is 7.38. The van der Waals surface area contributed by atoms with Gasteiger partial charge < -0.3 is 9.32 Å². The predicted octanol–water partition coefficient (Wildman–Crippen LogP) is 4.03. The Hall–Kier alpha value is -2.36. The number of thioether (sulfide) groups is 1. The zero-order valence-corrected chi connectivity index (χ0v) is 19.7. The van der Waals surface area contributed by atoms with Crippen LogP contribution in [0.5, 0.6) is 0 Å².